The van der Waals surface area contributed by atoms with E-state index in [9.17, 15) is 0 Å². The first kappa shape index (κ1) is 15.4. The molecule has 0 heterocycles. The highest BCUT2D eigenvalue weighted by atomic mass is 14.0. The third-order valence-corrected chi connectivity index (χ3v) is 1.65. The lowest BCUT2D eigenvalue weighted by molar-refractivity contribution is 1.36. The Balaban J connectivity index is 0. The van der Waals surface area contributed by atoms with Crippen molar-refractivity contribution < 1.29 is 0 Å². The van der Waals surface area contributed by atoms with Gasteiger partial charge in [0.05, 0.1) is 0 Å². The monoisotopic (exact) mass is 192 g/mol. The molecule has 0 nitrogen and oxygen atoms in total. The van der Waals surface area contributed by atoms with Gasteiger partial charge < -0.3 is 0 Å². The SMILES string of the molecule is C=CC(=C\C)/C(C)=C/C=C(C)C.CC. The minimum atomic E-state index is 1.20. The number of rotatable bonds is 3. The Morgan fingerprint density at radius 2 is 1.50 bits per heavy atom. The van der Waals surface area contributed by atoms with Crippen molar-refractivity contribution in [3.8, 4) is 0 Å². The molecule has 0 aliphatic heterocycles. The molecule has 0 saturated carbocycles. The van der Waals surface area contributed by atoms with Gasteiger partial charge in [-0.25, -0.2) is 0 Å². The van der Waals surface area contributed by atoms with Crippen LogP contribution >= 0.6 is 0 Å². The Bertz CT molecular complexity index is 233. The predicted octanol–water partition coefficient (Wildman–Crippen LogP) is 5.06. The molecular formula is C14H24. The minimum absolute atomic E-state index is 1.20. The fourth-order valence-corrected chi connectivity index (χ4v) is 0.894. The number of hydrogen-bond donors (Lipinski definition) is 0. The summed E-state index contributed by atoms with van der Waals surface area (Å²) in [6.07, 6.45) is 8.18. The largest absolute Gasteiger partial charge is 0.0985 e. The number of allylic oxidation sites excluding steroid dienone is 7. The van der Waals surface area contributed by atoms with Crippen LogP contribution in [0.5, 0.6) is 0 Å². The van der Waals surface area contributed by atoms with Gasteiger partial charge in [0.25, 0.3) is 0 Å². The smallest absolute Gasteiger partial charge is 0.0276 e. The van der Waals surface area contributed by atoms with Crippen molar-refractivity contribution in [2.24, 2.45) is 0 Å². The van der Waals surface area contributed by atoms with E-state index in [0.29, 0.717) is 0 Å². The van der Waals surface area contributed by atoms with Crippen LogP contribution in [0.1, 0.15) is 41.5 Å². The molecule has 0 aromatic carbocycles. The van der Waals surface area contributed by atoms with Gasteiger partial charge in [-0.15, -0.1) is 0 Å². The molecule has 0 radical (unpaired) electrons. The highest BCUT2D eigenvalue weighted by molar-refractivity contribution is 5.39. The Morgan fingerprint density at radius 1 is 1.00 bits per heavy atom. The zero-order valence-corrected chi connectivity index (χ0v) is 10.5. The van der Waals surface area contributed by atoms with Crippen LogP contribution in [0.2, 0.25) is 0 Å². The summed E-state index contributed by atoms with van der Waals surface area (Å²) in [6, 6.07) is 0. The lowest BCUT2D eigenvalue weighted by Crippen LogP contribution is -1.78. The minimum Gasteiger partial charge on any atom is -0.0985 e. The van der Waals surface area contributed by atoms with Gasteiger partial charge in [0.2, 0.25) is 0 Å². The van der Waals surface area contributed by atoms with Gasteiger partial charge in [0, 0.05) is 0 Å². The highest BCUT2D eigenvalue weighted by Crippen LogP contribution is 2.10. The fourth-order valence-electron chi connectivity index (χ4n) is 0.894. The molecule has 0 rings (SSSR count). The van der Waals surface area contributed by atoms with Crippen LogP contribution in [0.25, 0.3) is 0 Å². The van der Waals surface area contributed by atoms with E-state index in [-0.39, 0.29) is 0 Å². The second kappa shape index (κ2) is 10.0. The van der Waals surface area contributed by atoms with Crippen molar-refractivity contribution in [2.45, 2.75) is 41.5 Å². The quantitative estimate of drug-likeness (QED) is 0.548. The Labute approximate surface area is 89.7 Å². The van der Waals surface area contributed by atoms with Gasteiger partial charge >= 0.3 is 0 Å². The van der Waals surface area contributed by atoms with Crippen molar-refractivity contribution in [3.05, 3.63) is 47.6 Å². The van der Waals surface area contributed by atoms with E-state index in [0.717, 1.165) is 0 Å². The van der Waals surface area contributed by atoms with E-state index in [1.54, 1.807) is 0 Å². The van der Waals surface area contributed by atoms with Crippen LogP contribution in [0.15, 0.2) is 47.6 Å². The standard InChI is InChI=1S/C12H18.C2H6/c1-6-12(7-2)11(5)9-8-10(3)4;1-2/h6-9H,1H2,2-5H3;1-2H3/b11-9+,12-7+;. The predicted molar refractivity (Wildman–Crippen MR) is 68.5 cm³/mol. The Kier molecular flexibility index (Phi) is 11.1. The average molecular weight is 192 g/mol. The summed E-state index contributed by atoms with van der Waals surface area (Å²) in [5, 5.41) is 0. The molecule has 14 heavy (non-hydrogen) atoms. The van der Waals surface area contributed by atoms with Crippen LogP contribution in [0.3, 0.4) is 0 Å². The van der Waals surface area contributed by atoms with Gasteiger partial charge in [-0.05, 0) is 38.8 Å². The van der Waals surface area contributed by atoms with Gasteiger partial charge in [-0.2, -0.15) is 0 Å². The Morgan fingerprint density at radius 3 is 1.79 bits per heavy atom. The van der Waals surface area contributed by atoms with Crippen molar-refractivity contribution in [3.63, 3.8) is 0 Å². The molecular weight excluding hydrogens is 168 g/mol. The first-order valence-electron chi connectivity index (χ1n) is 5.22. The van der Waals surface area contributed by atoms with Gasteiger partial charge in [0.15, 0.2) is 0 Å². The van der Waals surface area contributed by atoms with E-state index in [2.05, 4.69) is 45.6 Å². The molecule has 0 N–H and O–H groups in total. The highest BCUT2D eigenvalue weighted by Gasteiger charge is 1.90. The van der Waals surface area contributed by atoms with Crippen LogP contribution in [0.4, 0.5) is 0 Å². The normalized spacial score (nSPS) is 11.3. The molecule has 0 aromatic heterocycles. The van der Waals surface area contributed by atoms with Crippen molar-refractivity contribution in [1.82, 2.24) is 0 Å². The molecule has 0 heteroatoms. The average Bonchev–Trinajstić information content (AvgIpc) is 2.19. The molecule has 80 valence electrons. The lowest BCUT2D eigenvalue weighted by atomic mass is 10.1. The van der Waals surface area contributed by atoms with Crippen LogP contribution in [0, 0.1) is 0 Å². The summed E-state index contributed by atoms with van der Waals surface area (Å²) in [7, 11) is 0. The third kappa shape index (κ3) is 7.60. The molecule has 0 fully saturated rings. The lowest BCUT2D eigenvalue weighted by Gasteiger charge is -1.98. The molecule has 0 amide bonds. The maximum Gasteiger partial charge on any atom is -0.0276 e. The summed E-state index contributed by atoms with van der Waals surface area (Å²) in [4.78, 5) is 0. The van der Waals surface area contributed by atoms with E-state index in [1.807, 2.05) is 26.8 Å². The Hall–Kier alpha value is -1.04. The summed E-state index contributed by atoms with van der Waals surface area (Å²) < 4.78 is 0. The molecule has 0 unspecified atom stereocenters. The van der Waals surface area contributed by atoms with E-state index in [1.165, 1.54) is 16.7 Å². The first-order chi connectivity index (χ1) is 6.61. The van der Waals surface area contributed by atoms with E-state index in [4.69, 9.17) is 0 Å². The molecule has 0 bridgehead atoms. The van der Waals surface area contributed by atoms with Gasteiger partial charge in [-0.1, -0.05) is 50.3 Å². The summed E-state index contributed by atoms with van der Waals surface area (Å²) in [5.74, 6) is 0. The van der Waals surface area contributed by atoms with Crippen LogP contribution < -0.4 is 0 Å². The molecule has 0 saturated heterocycles. The number of hydrogen-bond acceptors (Lipinski definition) is 0. The fraction of sp³-hybridized carbons (Fsp3) is 0.429. The van der Waals surface area contributed by atoms with E-state index < -0.39 is 0 Å². The topological polar surface area (TPSA) is 0 Å². The van der Waals surface area contributed by atoms with Crippen LogP contribution in [-0.4, -0.2) is 0 Å². The zero-order valence-electron chi connectivity index (χ0n) is 10.5. The molecule has 0 spiro atoms. The first-order valence-corrected chi connectivity index (χ1v) is 5.22. The maximum atomic E-state index is 3.75. The summed E-state index contributed by atoms with van der Waals surface area (Å²) in [6.45, 7) is 16.0. The summed E-state index contributed by atoms with van der Waals surface area (Å²) in [5.41, 5.74) is 3.77. The van der Waals surface area contributed by atoms with Gasteiger partial charge in [0.1, 0.15) is 0 Å². The summed E-state index contributed by atoms with van der Waals surface area (Å²) >= 11 is 0. The van der Waals surface area contributed by atoms with Crippen molar-refractivity contribution >= 4 is 0 Å². The second-order valence-corrected chi connectivity index (χ2v) is 3.04. The zero-order chi connectivity index (χ0) is 11.6. The molecule has 0 aliphatic carbocycles. The molecule has 0 aromatic rings. The van der Waals surface area contributed by atoms with Crippen molar-refractivity contribution in [2.75, 3.05) is 0 Å². The van der Waals surface area contributed by atoms with E-state index >= 15 is 0 Å². The second-order valence-electron chi connectivity index (χ2n) is 3.04. The van der Waals surface area contributed by atoms with Gasteiger partial charge in [-0.3, -0.25) is 0 Å². The molecule has 0 aliphatic rings. The maximum absolute atomic E-state index is 3.75. The third-order valence-electron chi connectivity index (χ3n) is 1.65. The van der Waals surface area contributed by atoms with Crippen LogP contribution in [-0.2, 0) is 0 Å². The van der Waals surface area contributed by atoms with Crippen molar-refractivity contribution in [1.29, 1.82) is 0 Å². The molecule has 0 atom stereocenters.